The standard InChI is InChI=1S/C15H18N4OS/c1-3-19-10-12(9-17-19)8-16-15(21)18-14-6-4-5-13(7-14)11(2)20/h4-7,9-10H,3,8H2,1-2H3,(H2,16,18,21). The quantitative estimate of drug-likeness (QED) is 0.657. The molecule has 0 amide bonds. The van der Waals surface area contributed by atoms with Crippen molar-refractivity contribution in [1.82, 2.24) is 15.1 Å². The summed E-state index contributed by atoms with van der Waals surface area (Å²) in [5.74, 6) is 0.0320. The van der Waals surface area contributed by atoms with E-state index in [-0.39, 0.29) is 5.78 Å². The normalized spacial score (nSPS) is 10.2. The largest absolute Gasteiger partial charge is 0.358 e. The molecule has 0 fully saturated rings. The minimum atomic E-state index is 0.0320. The lowest BCUT2D eigenvalue weighted by atomic mass is 10.1. The number of benzene rings is 1. The van der Waals surface area contributed by atoms with Gasteiger partial charge in [-0.1, -0.05) is 12.1 Å². The van der Waals surface area contributed by atoms with E-state index in [1.165, 1.54) is 0 Å². The maximum Gasteiger partial charge on any atom is 0.171 e. The van der Waals surface area contributed by atoms with Crippen LogP contribution in [0.25, 0.3) is 0 Å². The average molecular weight is 302 g/mol. The molecule has 0 aliphatic carbocycles. The first-order chi connectivity index (χ1) is 10.1. The summed E-state index contributed by atoms with van der Waals surface area (Å²) in [6.07, 6.45) is 3.79. The molecule has 1 aromatic heterocycles. The number of carbonyl (C=O) groups is 1. The molecule has 1 aromatic carbocycles. The number of aromatic nitrogens is 2. The van der Waals surface area contributed by atoms with Crippen molar-refractivity contribution in [3.8, 4) is 0 Å². The lowest BCUT2D eigenvalue weighted by Crippen LogP contribution is -2.27. The van der Waals surface area contributed by atoms with Crippen LogP contribution in [0.3, 0.4) is 0 Å². The second-order valence-electron chi connectivity index (χ2n) is 4.65. The van der Waals surface area contributed by atoms with Crippen LogP contribution in [0.15, 0.2) is 36.7 Å². The Morgan fingerprint density at radius 2 is 2.24 bits per heavy atom. The zero-order valence-corrected chi connectivity index (χ0v) is 12.9. The highest BCUT2D eigenvalue weighted by Gasteiger charge is 2.03. The molecule has 0 saturated carbocycles. The van der Waals surface area contributed by atoms with E-state index in [0.29, 0.717) is 17.2 Å². The minimum absolute atomic E-state index is 0.0320. The molecule has 0 bridgehead atoms. The Labute approximate surface area is 129 Å². The van der Waals surface area contributed by atoms with Crippen molar-refractivity contribution >= 4 is 28.8 Å². The first-order valence-corrected chi connectivity index (χ1v) is 7.16. The predicted molar refractivity (Wildman–Crippen MR) is 87.4 cm³/mol. The second-order valence-corrected chi connectivity index (χ2v) is 5.06. The van der Waals surface area contributed by atoms with Gasteiger partial charge in [0, 0.05) is 36.1 Å². The smallest absolute Gasteiger partial charge is 0.171 e. The predicted octanol–water partition coefficient (Wildman–Crippen LogP) is 2.59. The van der Waals surface area contributed by atoms with Crippen LogP contribution >= 0.6 is 12.2 Å². The lowest BCUT2D eigenvalue weighted by molar-refractivity contribution is 0.101. The van der Waals surface area contributed by atoms with Crippen molar-refractivity contribution < 1.29 is 4.79 Å². The molecule has 21 heavy (non-hydrogen) atoms. The van der Waals surface area contributed by atoms with Gasteiger partial charge in [-0.2, -0.15) is 5.10 Å². The van der Waals surface area contributed by atoms with E-state index >= 15 is 0 Å². The third-order valence-corrected chi connectivity index (χ3v) is 3.24. The summed E-state index contributed by atoms with van der Waals surface area (Å²) < 4.78 is 1.86. The topological polar surface area (TPSA) is 59.0 Å². The van der Waals surface area contributed by atoms with Crippen LogP contribution in [0.1, 0.15) is 29.8 Å². The van der Waals surface area contributed by atoms with E-state index in [0.717, 1.165) is 17.8 Å². The summed E-state index contributed by atoms with van der Waals surface area (Å²) in [5, 5.41) is 10.9. The SMILES string of the molecule is CCn1cc(CNC(=S)Nc2cccc(C(C)=O)c2)cn1. The van der Waals surface area contributed by atoms with Crippen LogP contribution in [0, 0.1) is 0 Å². The highest BCUT2D eigenvalue weighted by Crippen LogP contribution is 2.11. The molecule has 6 heteroatoms. The van der Waals surface area contributed by atoms with E-state index in [2.05, 4.69) is 15.7 Å². The van der Waals surface area contributed by atoms with Gasteiger partial charge in [-0.25, -0.2) is 0 Å². The molecule has 0 unspecified atom stereocenters. The van der Waals surface area contributed by atoms with E-state index in [1.54, 1.807) is 19.1 Å². The minimum Gasteiger partial charge on any atom is -0.358 e. The fourth-order valence-electron chi connectivity index (χ4n) is 1.84. The summed E-state index contributed by atoms with van der Waals surface area (Å²) in [5.41, 5.74) is 2.52. The van der Waals surface area contributed by atoms with Crippen LogP contribution < -0.4 is 10.6 Å². The summed E-state index contributed by atoms with van der Waals surface area (Å²) in [6.45, 7) is 5.04. The van der Waals surface area contributed by atoms with Gasteiger partial charge < -0.3 is 10.6 Å². The van der Waals surface area contributed by atoms with Gasteiger partial charge in [-0.3, -0.25) is 9.48 Å². The van der Waals surface area contributed by atoms with Crippen molar-refractivity contribution in [3.05, 3.63) is 47.8 Å². The Morgan fingerprint density at radius 1 is 1.43 bits per heavy atom. The van der Waals surface area contributed by atoms with Gasteiger partial charge in [0.25, 0.3) is 0 Å². The first-order valence-electron chi connectivity index (χ1n) is 6.75. The number of carbonyl (C=O) groups excluding carboxylic acids is 1. The molecule has 0 spiro atoms. The van der Waals surface area contributed by atoms with Crippen molar-refractivity contribution in [2.45, 2.75) is 26.9 Å². The zero-order chi connectivity index (χ0) is 15.2. The highest BCUT2D eigenvalue weighted by atomic mass is 32.1. The molecule has 2 rings (SSSR count). The van der Waals surface area contributed by atoms with Gasteiger partial charge in [-0.05, 0) is 38.2 Å². The Kier molecular flexibility index (Phi) is 5.05. The molecule has 110 valence electrons. The number of hydrogen-bond acceptors (Lipinski definition) is 3. The number of nitrogens with zero attached hydrogens (tertiary/aromatic N) is 2. The number of hydrogen-bond donors (Lipinski definition) is 2. The Morgan fingerprint density at radius 3 is 2.90 bits per heavy atom. The number of thiocarbonyl (C=S) groups is 1. The number of aryl methyl sites for hydroxylation is 1. The monoisotopic (exact) mass is 302 g/mol. The maximum atomic E-state index is 11.3. The van der Waals surface area contributed by atoms with Crippen LogP contribution in [0.5, 0.6) is 0 Å². The number of ketones is 1. The molecule has 0 radical (unpaired) electrons. The van der Waals surface area contributed by atoms with E-state index < -0.39 is 0 Å². The molecule has 0 atom stereocenters. The van der Waals surface area contributed by atoms with E-state index in [4.69, 9.17) is 12.2 Å². The highest BCUT2D eigenvalue weighted by molar-refractivity contribution is 7.80. The fraction of sp³-hybridized carbons (Fsp3) is 0.267. The number of rotatable bonds is 5. The third-order valence-electron chi connectivity index (χ3n) is 2.99. The number of anilines is 1. The molecular formula is C15H18N4OS. The molecule has 2 aromatic rings. The third kappa shape index (κ3) is 4.39. The Balaban J connectivity index is 1.89. The fourth-order valence-corrected chi connectivity index (χ4v) is 2.03. The van der Waals surface area contributed by atoms with Gasteiger partial charge in [0.05, 0.1) is 6.20 Å². The average Bonchev–Trinajstić information content (AvgIpc) is 2.93. The summed E-state index contributed by atoms with van der Waals surface area (Å²) in [7, 11) is 0. The summed E-state index contributed by atoms with van der Waals surface area (Å²) in [6, 6.07) is 7.26. The van der Waals surface area contributed by atoms with Gasteiger partial charge >= 0.3 is 0 Å². The summed E-state index contributed by atoms with van der Waals surface area (Å²) in [4.78, 5) is 11.3. The Bertz CT molecular complexity index is 651. The Hall–Kier alpha value is -2.21. The van der Waals surface area contributed by atoms with Crippen LogP contribution in [-0.4, -0.2) is 20.7 Å². The summed E-state index contributed by atoms with van der Waals surface area (Å²) >= 11 is 5.24. The van der Waals surface area contributed by atoms with Crippen molar-refractivity contribution in [1.29, 1.82) is 0 Å². The van der Waals surface area contributed by atoms with Gasteiger partial charge in [0.1, 0.15) is 0 Å². The molecule has 5 nitrogen and oxygen atoms in total. The molecule has 0 saturated heterocycles. The van der Waals surface area contributed by atoms with Crippen molar-refractivity contribution in [2.24, 2.45) is 0 Å². The van der Waals surface area contributed by atoms with E-state index in [1.807, 2.05) is 36.1 Å². The molecular weight excluding hydrogens is 284 g/mol. The first kappa shape index (κ1) is 15.2. The number of Topliss-reactive ketones (excluding diaryl/α,β-unsaturated/α-hetero) is 1. The zero-order valence-electron chi connectivity index (χ0n) is 12.1. The van der Waals surface area contributed by atoms with Crippen LogP contribution in [-0.2, 0) is 13.1 Å². The van der Waals surface area contributed by atoms with Gasteiger partial charge in [0.15, 0.2) is 10.9 Å². The second kappa shape index (κ2) is 6.99. The van der Waals surface area contributed by atoms with Crippen molar-refractivity contribution in [3.63, 3.8) is 0 Å². The number of nitrogens with one attached hydrogen (secondary N) is 2. The molecule has 0 aliphatic rings. The van der Waals surface area contributed by atoms with E-state index in [9.17, 15) is 4.79 Å². The maximum absolute atomic E-state index is 11.3. The van der Waals surface area contributed by atoms with Crippen molar-refractivity contribution in [2.75, 3.05) is 5.32 Å². The van der Waals surface area contributed by atoms with Crippen LogP contribution in [0.4, 0.5) is 5.69 Å². The lowest BCUT2D eigenvalue weighted by Gasteiger charge is -2.10. The van der Waals surface area contributed by atoms with Gasteiger partial charge in [-0.15, -0.1) is 0 Å². The van der Waals surface area contributed by atoms with Gasteiger partial charge in [0.2, 0.25) is 0 Å². The van der Waals surface area contributed by atoms with Crippen LogP contribution in [0.2, 0.25) is 0 Å². The molecule has 0 aliphatic heterocycles. The molecule has 2 N–H and O–H groups in total. The molecule has 1 heterocycles.